The summed E-state index contributed by atoms with van der Waals surface area (Å²) in [5, 5.41) is 14.2. The maximum Gasteiger partial charge on any atom is 0.338 e. The SMILES string of the molecule is CC(C)C(C)(NC(=O)c1nc2sccc2cc1C(=O)O)C(N)=O. The van der Waals surface area contributed by atoms with Crippen molar-refractivity contribution in [3.8, 4) is 0 Å². The molecule has 0 aliphatic carbocycles. The molecule has 0 saturated heterocycles. The van der Waals surface area contributed by atoms with E-state index in [1.165, 1.54) is 24.3 Å². The fourth-order valence-electron chi connectivity index (χ4n) is 2.02. The summed E-state index contributed by atoms with van der Waals surface area (Å²) >= 11 is 1.29. The first-order chi connectivity index (χ1) is 10.7. The molecule has 0 saturated carbocycles. The lowest BCUT2D eigenvalue weighted by Gasteiger charge is -2.31. The van der Waals surface area contributed by atoms with Crippen LogP contribution in [0, 0.1) is 5.92 Å². The van der Waals surface area contributed by atoms with Gasteiger partial charge >= 0.3 is 5.97 Å². The number of carboxylic acids is 1. The summed E-state index contributed by atoms with van der Waals surface area (Å²) in [6.07, 6.45) is 0. The highest BCUT2D eigenvalue weighted by Crippen LogP contribution is 2.23. The van der Waals surface area contributed by atoms with Crippen LogP contribution in [0.2, 0.25) is 0 Å². The number of amides is 2. The fourth-order valence-corrected chi connectivity index (χ4v) is 2.77. The monoisotopic (exact) mass is 335 g/mol. The van der Waals surface area contributed by atoms with E-state index in [9.17, 15) is 19.5 Å². The Kier molecular flexibility index (Phi) is 4.37. The number of carbonyl (C=O) groups excluding carboxylic acids is 2. The van der Waals surface area contributed by atoms with Crippen LogP contribution in [0.25, 0.3) is 10.2 Å². The Balaban J connectivity index is 2.50. The molecule has 2 rings (SSSR count). The summed E-state index contributed by atoms with van der Waals surface area (Å²) in [7, 11) is 0. The van der Waals surface area contributed by atoms with Gasteiger partial charge in [-0.1, -0.05) is 13.8 Å². The Labute approximate surface area is 136 Å². The third-order valence-electron chi connectivity index (χ3n) is 3.93. The molecule has 4 N–H and O–H groups in total. The van der Waals surface area contributed by atoms with Gasteiger partial charge in [-0.15, -0.1) is 11.3 Å². The van der Waals surface area contributed by atoms with Crippen molar-refractivity contribution < 1.29 is 19.5 Å². The van der Waals surface area contributed by atoms with Gasteiger partial charge < -0.3 is 16.2 Å². The number of nitrogens with one attached hydrogen (secondary N) is 1. The van der Waals surface area contributed by atoms with Crippen molar-refractivity contribution in [2.75, 3.05) is 0 Å². The van der Waals surface area contributed by atoms with E-state index in [2.05, 4.69) is 10.3 Å². The highest BCUT2D eigenvalue weighted by atomic mass is 32.1. The zero-order valence-electron chi connectivity index (χ0n) is 12.9. The molecule has 0 spiro atoms. The largest absolute Gasteiger partial charge is 0.478 e. The fraction of sp³-hybridized carbons (Fsp3) is 0.333. The van der Waals surface area contributed by atoms with Crippen LogP contribution in [0.3, 0.4) is 0 Å². The van der Waals surface area contributed by atoms with Crippen LogP contribution in [-0.2, 0) is 4.79 Å². The molecule has 2 aromatic heterocycles. The first-order valence-electron chi connectivity index (χ1n) is 6.90. The minimum Gasteiger partial charge on any atom is -0.478 e. The zero-order valence-corrected chi connectivity index (χ0v) is 13.7. The third-order valence-corrected chi connectivity index (χ3v) is 4.75. The second-order valence-electron chi connectivity index (χ2n) is 5.68. The standard InChI is InChI=1S/C15H17N3O4S/c1-7(2)15(3,14(16)22)18-11(19)10-9(13(20)21)6-8-4-5-23-12(8)17-10/h4-7H,1-3H3,(H2,16,22)(H,18,19)(H,20,21). The smallest absolute Gasteiger partial charge is 0.338 e. The lowest BCUT2D eigenvalue weighted by molar-refractivity contribution is -0.125. The van der Waals surface area contributed by atoms with Crippen molar-refractivity contribution in [2.24, 2.45) is 11.7 Å². The number of aromatic nitrogens is 1. The average molecular weight is 335 g/mol. The number of primary amides is 1. The molecule has 2 aromatic rings. The molecule has 2 heterocycles. The van der Waals surface area contributed by atoms with E-state index >= 15 is 0 Å². The van der Waals surface area contributed by atoms with Crippen LogP contribution in [0.5, 0.6) is 0 Å². The lowest BCUT2D eigenvalue weighted by Crippen LogP contribution is -2.58. The summed E-state index contributed by atoms with van der Waals surface area (Å²) < 4.78 is 0. The first kappa shape index (κ1) is 16.9. The number of carbonyl (C=O) groups is 3. The van der Waals surface area contributed by atoms with E-state index in [4.69, 9.17) is 5.73 Å². The molecule has 7 nitrogen and oxygen atoms in total. The van der Waals surface area contributed by atoms with Crippen LogP contribution in [-0.4, -0.2) is 33.4 Å². The minimum atomic E-state index is -1.31. The van der Waals surface area contributed by atoms with Crippen molar-refractivity contribution >= 4 is 39.3 Å². The summed E-state index contributed by atoms with van der Waals surface area (Å²) in [4.78, 5) is 40.3. The zero-order chi connectivity index (χ0) is 17.4. The number of nitrogens with two attached hydrogens (primary N) is 1. The number of aromatic carboxylic acids is 1. The van der Waals surface area contributed by atoms with Crippen LogP contribution < -0.4 is 11.1 Å². The normalized spacial score (nSPS) is 13.7. The number of hydrogen-bond donors (Lipinski definition) is 3. The van der Waals surface area contributed by atoms with E-state index in [-0.39, 0.29) is 17.2 Å². The van der Waals surface area contributed by atoms with Gasteiger partial charge in [0.25, 0.3) is 5.91 Å². The molecule has 23 heavy (non-hydrogen) atoms. The van der Waals surface area contributed by atoms with E-state index in [0.717, 1.165) is 0 Å². The van der Waals surface area contributed by atoms with Crippen molar-refractivity contribution in [2.45, 2.75) is 26.3 Å². The van der Waals surface area contributed by atoms with Gasteiger partial charge in [0.2, 0.25) is 5.91 Å². The predicted octanol–water partition coefficient (Wildman–Crippen LogP) is 1.62. The van der Waals surface area contributed by atoms with Crippen LogP contribution >= 0.6 is 11.3 Å². The second-order valence-corrected chi connectivity index (χ2v) is 6.57. The molecular weight excluding hydrogens is 318 g/mol. The maximum atomic E-state index is 12.5. The van der Waals surface area contributed by atoms with Gasteiger partial charge in [-0.3, -0.25) is 9.59 Å². The average Bonchev–Trinajstić information content (AvgIpc) is 2.92. The molecule has 0 aliphatic rings. The number of fused-ring (bicyclic) bond motifs is 1. The molecule has 1 unspecified atom stereocenters. The number of nitrogens with zero attached hydrogens (tertiary/aromatic N) is 1. The van der Waals surface area contributed by atoms with Gasteiger partial charge in [0.1, 0.15) is 16.1 Å². The van der Waals surface area contributed by atoms with Crippen molar-refractivity contribution in [3.05, 3.63) is 28.8 Å². The highest BCUT2D eigenvalue weighted by Gasteiger charge is 2.37. The Bertz CT molecular complexity index is 799. The van der Waals surface area contributed by atoms with Crippen LogP contribution in [0.4, 0.5) is 0 Å². The van der Waals surface area contributed by atoms with Gasteiger partial charge in [-0.25, -0.2) is 9.78 Å². The van der Waals surface area contributed by atoms with E-state index < -0.39 is 23.3 Å². The number of thiophene rings is 1. The van der Waals surface area contributed by atoms with Gasteiger partial charge in [0.15, 0.2) is 0 Å². The molecule has 0 fully saturated rings. The Morgan fingerprint density at radius 1 is 1.39 bits per heavy atom. The Morgan fingerprint density at radius 2 is 2.04 bits per heavy atom. The van der Waals surface area contributed by atoms with E-state index in [1.807, 2.05) is 0 Å². The molecular formula is C15H17N3O4S. The molecule has 0 aromatic carbocycles. The number of rotatable bonds is 5. The topological polar surface area (TPSA) is 122 Å². The molecule has 8 heteroatoms. The quantitative estimate of drug-likeness (QED) is 0.766. The first-order valence-corrected chi connectivity index (χ1v) is 7.78. The summed E-state index contributed by atoms with van der Waals surface area (Å²) in [6.45, 7) is 4.97. The van der Waals surface area contributed by atoms with E-state index in [0.29, 0.717) is 10.2 Å². The van der Waals surface area contributed by atoms with Crippen LogP contribution in [0.1, 0.15) is 41.6 Å². The molecule has 1 atom stereocenters. The Hall–Kier alpha value is -2.48. The Morgan fingerprint density at radius 3 is 2.57 bits per heavy atom. The van der Waals surface area contributed by atoms with Crippen LogP contribution in [0.15, 0.2) is 17.5 Å². The molecule has 0 bridgehead atoms. The lowest BCUT2D eigenvalue weighted by atomic mass is 9.87. The van der Waals surface area contributed by atoms with Crippen molar-refractivity contribution in [1.82, 2.24) is 10.3 Å². The highest BCUT2D eigenvalue weighted by molar-refractivity contribution is 7.16. The summed E-state index contributed by atoms with van der Waals surface area (Å²) in [5.74, 6) is -2.98. The van der Waals surface area contributed by atoms with E-state index in [1.54, 1.807) is 25.3 Å². The number of carboxylic acid groups (broad SMARTS) is 1. The van der Waals surface area contributed by atoms with Gasteiger partial charge in [-0.2, -0.15) is 0 Å². The van der Waals surface area contributed by atoms with Crippen molar-refractivity contribution in [1.29, 1.82) is 0 Å². The van der Waals surface area contributed by atoms with Crippen molar-refractivity contribution in [3.63, 3.8) is 0 Å². The molecule has 0 aliphatic heterocycles. The van der Waals surface area contributed by atoms with Gasteiger partial charge in [0, 0.05) is 5.39 Å². The maximum absolute atomic E-state index is 12.5. The summed E-state index contributed by atoms with van der Waals surface area (Å²) in [6, 6.07) is 3.12. The third kappa shape index (κ3) is 3.02. The number of hydrogen-bond acceptors (Lipinski definition) is 5. The van der Waals surface area contributed by atoms with Gasteiger partial charge in [-0.05, 0) is 30.4 Å². The number of pyridine rings is 1. The van der Waals surface area contributed by atoms with Gasteiger partial charge in [0.05, 0.1) is 5.56 Å². The molecule has 0 radical (unpaired) electrons. The second kappa shape index (κ2) is 5.96. The predicted molar refractivity (Wildman–Crippen MR) is 86.5 cm³/mol. The molecule has 122 valence electrons. The molecule has 2 amide bonds. The minimum absolute atomic E-state index is 0.219. The summed E-state index contributed by atoms with van der Waals surface area (Å²) in [5.41, 5.74) is 3.62.